The van der Waals surface area contributed by atoms with Crippen LogP contribution in [0.4, 0.5) is 4.79 Å². The molecule has 20 heavy (non-hydrogen) atoms. The number of carbonyl (C=O) groups excluding carboxylic acids is 2. The van der Waals surface area contributed by atoms with Gasteiger partial charge in [0.2, 0.25) is 5.91 Å². The maximum atomic E-state index is 12.0. The van der Waals surface area contributed by atoms with Gasteiger partial charge in [0.25, 0.3) is 0 Å². The lowest BCUT2D eigenvalue weighted by Gasteiger charge is -2.36. The van der Waals surface area contributed by atoms with Gasteiger partial charge < -0.3 is 26.0 Å². The van der Waals surface area contributed by atoms with Crippen LogP contribution in [0, 0.1) is 0 Å². The lowest BCUT2D eigenvalue weighted by molar-refractivity contribution is -0.141. The largest absolute Gasteiger partial charge is 0.480 e. The molecule has 4 N–H and O–H groups in total. The number of rotatable bonds is 5. The maximum Gasteiger partial charge on any atom is 0.326 e. The van der Waals surface area contributed by atoms with Gasteiger partial charge in [-0.25, -0.2) is 9.59 Å². The number of nitrogens with two attached hydrogens (primary N) is 1. The monoisotopic (exact) mass is 286 g/mol. The first-order chi connectivity index (χ1) is 9.31. The van der Waals surface area contributed by atoms with Crippen molar-refractivity contribution in [1.82, 2.24) is 15.1 Å². The second kappa shape index (κ2) is 7.09. The van der Waals surface area contributed by atoms with Gasteiger partial charge in [-0.1, -0.05) is 0 Å². The molecule has 3 amide bonds. The number of hydrogen-bond acceptors (Lipinski definition) is 4. The van der Waals surface area contributed by atoms with Crippen molar-refractivity contribution in [3.8, 4) is 0 Å². The third-order valence-electron chi connectivity index (χ3n) is 3.47. The summed E-state index contributed by atoms with van der Waals surface area (Å²) in [6.45, 7) is 1.74. The number of carbonyl (C=O) groups is 3. The van der Waals surface area contributed by atoms with Crippen molar-refractivity contribution in [1.29, 1.82) is 0 Å². The minimum Gasteiger partial charge on any atom is -0.480 e. The Balaban J connectivity index is 2.58. The molecule has 1 heterocycles. The lowest BCUT2D eigenvalue weighted by Crippen LogP contribution is -2.54. The van der Waals surface area contributed by atoms with Gasteiger partial charge in [0.15, 0.2) is 0 Å². The number of likely N-dealkylation sites (tertiary alicyclic amines) is 1. The molecule has 8 nitrogen and oxygen atoms in total. The fourth-order valence-electron chi connectivity index (χ4n) is 2.27. The summed E-state index contributed by atoms with van der Waals surface area (Å²) in [6, 6.07) is -1.75. The molecule has 1 aliphatic heterocycles. The van der Waals surface area contributed by atoms with E-state index in [0.717, 1.165) is 25.9 Å². The first kappa shape index (κ1) is 16.2. The number of urea groups is 1. The molecule has 0 aromatic carbocycles. The number of nitrogens with one attached hydrogen (secondary N) is 1. The van der Waals surface area contributed by atoms with Crippen LogP contribution in [0.15, 0.2) is 0 Å². The zero-order chi connectivity index (χ0) is 15.3. The first-order valence-corrected chi connectivity index (χ1v) is 6.54. The van der Waals surface area contributed by atoms with Gasteiger partial charge in [-0.15, -0.1) is 0 Å². The molecular weight excluding hydrogens is 264 g/mol. The molecule has 8 heteroatoms. The lowest BCUT2D eigenvalue weighted by atomic mass is 10.1. The van der Waals surface area contributed by atoms with Crippen molar-refractivity contribution in [2.45, 2.75) is 31.3 Å². The fraction of sp³-hybridized carbons (Fsp3) is 0.750. The molecule has 1 rings (SSSR count). The minimum absolute atomic E-state index is 0.0387. The van der Waals surface area contributed by atoms with E-state index in [1.54, 1.807) is 7.05 Å². The summed E-state index contributed by atoms with van der Waals surface area (Å²) < 4.78 is 0. The van der Waals surface area contributed by atoms with Crippen LogP contribution < -0.4 is 11.1 Å². The van der Waals surface area contributed by atoms with Crippen LogP contribution in [0.1, 0.15) is 19.3 Å². The summed E-state index contributed by atoms with van der Waals surface area (Å²) in [7, 11) is 3.60. The Kier molecular flexibility index (Phi) is 5.75. The predicted octanol–water partition coefficient (Wildman–Crippen LogP) is -0.949. The van der Waals surface area contributed by atoms with Gasteiger partial charge in [-0.05, 0) is 26.4 Å². The highest BCUT2D eigenvalue weighted by Crippen LogP contribution is 2.13. The van der Waals surface area contributed by atoms with Crippen molar-refractivity contribution in [3.63, 3.8) is 0 Å². The Labute approximate surface area is 117 Å². The van der Waals surface area contributed by atoms with Crippen LogP contribution in [0.25, 0.3) is 0 Å². The van der Waals surface area contributed by atoms with E-state index in [1.165, 1.54) is 4.90 Å². The van der Waals surface area contributed by atoms with Crippen LogP contribution in [-0.4, -0.2) is 72.1 Å². The molecule has 1 aliphatic rings. The Hall–Kier alpha value is -1.83. The quantitative estimate of drug-likeness (QED) is 0.602. The minimum atomic E-state index is -1.29. The smallest absolute Gasteiger partial charge is 0.326 e. The Morgan fingerprint density at radius 1 is 1.50 bits per heavy atom. The van der Waals surface area contributed by atoms with E-state index >= 15 is 0 Å². The number of amides is 3. The van der Waals surface area contributed by atoms with Gasteiger partial charge in [0.1, 0.15) is 6.04 Å². The molecule has 2 unspecified atom stereocenters. The number of carboxylic acid groups (broad SMARTS) is 1. The summed E-state index contributed by atoms with van der Waals surface area (Å²) in [4.78, 5) is 37.4. The zero-order valence-corrected chi connectivity index (χ0v) is 11.8. The van der Waals surface area contributed by atoms with Crippen molar-refractivity contribution < 1.29 is 19.5 Å². The first-order valence-electron chi connectivity index (χ1n) is 6.54. The zero-order valence-electron chi connectivity index (χ0n) is 11.8. The molecule has 0 radical (unpaired) electrons. The highest BCUT2D eigenvalue weighted by Gasteiger charge is 2.28. The average molecular weight is 286 g/mol. The van der Waals surface area contributed by atoms with Gasteiger partial charge in [-0.3, -0.25) is 4.79 Å². The standard InChI is InChI=1S/C12H22N4O4/c1-15-5-3-4-8(7-15)16(2)12(20)14-9(11(18)19)6-10(13)17/h8-9H,3-7H2,1-2H3,(H2,13,17)(H,14,20)(H,18,19). The van der Waals surface area contributed by atoms with Crippen LogP contribution in [0.3, 0.4) is 0 Å². The van der Waals surface area contributed by atoms with Gasteiger partial charge in [0.05, 0.1) is 6.42 Å². The Bertz CT molecular complexity index is 388. The normalized spacial score (nSPS) is 21.0. The number of primary amides is 1. The molecule has 0 saturated carbocycles. The molecule has 0 aromatic rings. The summed E-state index contributed by atoms with van der Waals surface area (Å²) >= 11 is 0. The Morgan fingerprint density at radius 3 is 2.65 bits per heavy atom. The molecule has 2 atom stereocenters. The number of piperidine rings is 1. The molecular formula is C12H22N4O4. The summed E-state index contributed by atoms with van der Waals surface area (Å²) in [5.41, 5.74) is 4.97. The van der Waals surface area contributed by atoms with E-state index in [-0.39, 0.29) is 6.04 Å². The third kappa shape index (κ3) is 4.69. The average Bonchev–Trinajstić information content (AvgIpc) is 2.36. The van der Waals surface area contributed by atoms with Crippen LogP contribution in [0.5, 0.6) is 0 Å². The number of aliphatic carboxylic acids is 1. The molecule has 114 valence electrons. The number of hydrogen-bond donors (Lipinski definition) is 3. The predicted molar refractivity (Wildman–Crippen MR) is 72.0 cm³/mol. The van der Waals surface area contributed by atoms with E-state index in [2.05, 4.69) is 10.2 Å². The molecule has 0 spiro atoms. The third-order valence-corrected chi connectivity index (χ3v) is 3.47. The molecule has 0 aliphatic carbocycles. The van der Waals surface area contributed by atoms with Crippen LogP contribution in [0.2, 0.25) is 0 Å². The van der Waals surface area contributed by atoms with Gasteiger partial charge in [0, 0.05) is 19.6 Å². The van der Waals surface area contributed by atoms with E-state index in [9.17, 15) is 14.4 Å². The molecule has 0 bridgehead atoms. The van der Waals surface area contributed by atoms with Gasteiger partial charge >= 0.3 is 12.0 Å². The van der Waals surface area contributed by atoms with Crippen LogP contribution in [-0.2, 0) is 9.59 Å². The van der Waals surface area contributed by atoms with Crippen molar-refractivity contribution in [3.05, 3.63) is 0 Å². The van der Waals surface area contributed by atoms with Gasteiger partial charge in [-0.2, -0.15) is 0 Å². The van der Waals surface area contributed by atoms with Crippen molar-refractivity contribution in [2.75, 3.05) is 27.2 Å². The van der Waals surface area contributed by atoms with E-state index in [1.807, 2.05) is 7.05 Å². The second-order valence-corrected chi connectivity index (χ2v) is 5.18. The molecule has 0 aromatic heterocycles. The van der Waals surface area contributed by atoms with Crippen molar-refractivity contribution in [2.24, 2.45) is 5.73 Å². The highest BCUT2D eigenvalue weighted by molar-refractivity contribution is 5.87. The molecule has 1 fully saturated rings. The number of carboxylic acids is 1. The highest BCUT2D eigenvalue weighted by atomic mass is 16.4. The topological polar surface area (TPSA) is 116 Å². The van der Waals surface area contributed by atoms with E-state index in [0.29, 0.717) is 0 Å². The summed E-state index contributed by atoms with van der Waals surface area (Å²) in [5, 5.41) is 11.3. The second-order valence-electron chi connectivity index (χ2n) is 5.18. The van der Waals surface area contributed by atoms with E-state index in [4.69, 9.17) is 10.8 Å². The van der Waals surface area contributed by atoms with Crippen molar-refractivity contribution >= 4 is 17.9 Å². The number of nitrogens with zero attached hydrogens (tertiary/aromatic N) is 2. The van der Waals surface area contributed by atoms with E-state index < -0.39 is 30.4 Å². The maximum absolute atomic E-state index is 12.0. The number of likely N-dealkylation sites (N-methyl/N-ethyl adjacent to an activating group) is 2. The fourth-order valence-corrected chi connectivity index (χ4v) is 2.27. The Morgan fingerprint density at radius 2 is 2.15 bits per heavy atom. The summed E-state index contributed by atoms with van der Waals surface area (Å²) in [6.07, 6.45) is 1.45. The van der Waals surface area contributed by atoms with Crippen LogP contribution >= 0.6 is 0 Å². The summed E-state index contributed by atoms with van der Waals surface area (Å²) in [5.74, 6) is -2.04. The molecule has 1 saturated heterocycles. The SMILES string of the molecule is CN1CCCC(N(C)C(=O)NC(CC(N)=O)C(=O)O)C1.